The summed E-state index contributed by atoms with van der Waals surface area (Å²) in [4.78, 5) is 24.5. The van der Waals surface area contributed by atoms with Gasteiger partial charge in [-0.25, -0.2) is 0 Å². The van der Waals surface area contributed by atoms with E-state index in [2.05, 4.69) is 15.4 Å². The number of ether oxygens (including phenoxy) is 2. The van der Waals surface area contributed by atoms with Crippen molar-refractivity contribution in [3.63, 3.8) is 0 Å². The Kier molecular flexibility index (Phi) is 8.17. The second kappa shape index (κ2) is 9.68. The Bertz CT molecular complexity index is 306. The number of methoxy groups -OCH3 is 1. The van der Waals surface area contributed by atoms with Crippen LogP contribution in [-0.2, 0) is 19.1 Å². The molecule has 0 aromatic heterocycles. The summed E-state index contributed by atoms with van der Waals surface area (Å²) < 4.78 is 10.1. The van der Waals surface area contributed by atoms with Gasteiger partial charge in [-0.3, -0.25) is 14.5 Å². The summed E-state index contributed by atoms with van der Waals surface area (Å²) in [7, 11) is 3.25. The van der Waals surface area contributed by atoms with Gasteiger partial charge in [0.05, 0.1) is 26.4 Å². The zero-order chi connectivity index (χ0) is 14.8. The van der Waals surface area contributed by atoms with Gasteiger partial charge in [-0.15, -0.1) is 0 Å². The van der Waals surface area contributed by atoms with Crippen molar-refractivity contribution in [3.8, 4) is 0 Å². The second-order valence-electron chi connectivity index (χ2n) is 4.92. The number of hydrogen-bond acceptors (Lipinski definition) is 6. The number of amides is 1. The lowest BCUT2D eigenvalue weighted by Crippen LogP contribution is -2.46. The summed E-state index contributed by atoms with van der Waals surface area (Å²) in [5.41, 5.74) is 0. The molecule has 0 saturated carbocycles. The van der Waals surface area contributed by atoms with E-state index < -0.39 is 0 Å². The lowest BCUT2D eigenvalue weighted by Gasteiger charge is -2.27. The Morgan fingerprint density at radius 1 is 1.50 bits per heavy atom. The standard InChI is InChI=1S/C13H25N3O4/c1-16(9-11-8-14-6-7-20-11)10-12(17)15-5-3-4-13(18)19-2/h11,14H,3-10H2,1-2H3,(H,15,17). The number of likely N-dealkylation sites (N-methyl/N-ethyl adjacent to an activating group) is 1. The average Bonchev–Trinajstić information content (AvgIpc) is 2.44. The van der Waals surface area contributed by atoms with E-state index in [-0.39, 0.29) is 18.0 Å². The minimum Gasteiger partial charge on any atom is -0.469 e. The lowest BCUT2D eigenvalue weighted by molar-refractivity contribution is -0.140. The SMILES string of the molecule is COC(=O)CCCNC(=O)CN(C)CC1CNCCO1. The first-order valence-corrected chi connectivity index (χ1v) is 6.96. The van der Waals surface area contributed by atoms with Crippen LogP contribution in [-0.4, -0.2) is 76.4 Å². The van der Waals surface area contributed by atoms with E-state index in [0.717, 1.165) is 26.2 Å². The fraction of sp³-hybridized carbons (Fsp3) is 0.846. The molecule has 1 heterocycles. The molecular weight excluding hydrogens is 262 g/mol. The van der Waals surface area contributed by atoms with Crippen LogP contribution in [0.2, 0.25) is 0 Å². The van der Waals surface area contributed by atoms with Gasteiger partial charge in [0, 0.05) is 32.6 Å². The predicted molar refractivity (Wildman–Crippen MR) is 74.4 cm³/mol. The van der Waals surface area contributed by atoms with Crippen LogP contribution in [0.25, 0.3) is 0 Å². The highest BCUT2D eigenvalue weighted by molar-refractivity contribution is 5.78. The third kappa shape index (κ3) is 7.42. The quantitative estimate of drug-likeness (QED) is 0.439. The van der Waals surface area contributed by atoms with Crippen LogP contribution in [0, 0.1) is 0 Å². The average molecular weight is 287 g/mol. The van der Waals surface area contributed by atoms with Gasteiger partial charge < -0.3 is 20.1 Å². The normalized spacial score (nSPS) is 18.9. The number of rotatable bonds is 8. The number of nitrogens with zero attached hydrogens (tertiary/aromatic N) is 1. The number of carbonyl (C=O) groups excluding carboxylic acids is 2. The molecule has 1 aliphatic rings. The van der Waals surface area contributed by atoms with Gasteiger partial charge in [0.25, 0.3) is 0 Å². The van der Waals surface area contributed by atoms with E-state index in [1.54, 1.807) is 0 Å². The van der Waals surface area contributed by atoms with Crippen LogP contribution in [0.15, 0.2) is 0 Å². The van der Waals surface area contributed by atoms with Crippen LogP contribution in [0.3, 0.4) is 0 Å². The van der Waals surface area contributed by atoms with E-state index in [1.165, 1.54) is 7.11 Å². The topological polar surface area (TPSA) is 79.9 Å². The Labute approximate surface area is 120 Å². The number of esters is 1. The van der Waals surface area contributed by atoms with E-state index in [0.29, 0.717) is 25.9 Å². The van der Waals surface area contributed by atoms with Crippen molar-refractivity contribution < 1.29 is 19.1 Å². The van der Waals surface area contributed by atoms with Gasteiger partial charge in [0.1, 0.15) is 0 Å². The van der Waals surface area contributed by atoms with Crippen LogP contribution < -0.4 is 10.6 Å². The predicted octanol–water partition coefficient (Wildman–Crippen LogP) is -1.02. The Hall–Kier alpha value is -1.18. The molecule has 1 saturated heterocycles. The Morgan fingerprint density at radius 2 is 2.30 bits per heavy atom. The maximum Gasteiger partial charge on any atom is 0.305 e. The number of hydrogen-bond donors (Lipinski definition) is 2. The maximum absolute atomic E-state index is 11.7. The second-order valence-corrected chi connectivity index (χ2v) is 4.92. The van der Waals surface area contributed by atoms with Crippen molar-refractivity contribution in [1.29, 1.82) is 0 Å². The van der Waals surface area contributed by atoms with Gasteiger partial charge in [0.15, 0.2) is 0 Å². The van der Waals surface area contributed by atoms with Gasteiger partial charge in [-0.05, 0) is 13.5 Å². The monoisotopic (exact) mass is 287 g/mol. The van der Waals surface area contributed by atoms with Crippen LogP contribution in [0.1, 0.15) is 12.8 Å². The first kappa shape index (κ1) is 16.9. The molecule has 116 valence electrons. The molecule has 0 radical (unpaired) electrons. The molecule has 0 aliphatic carbocycles. The molecule has 1 amide bonds. The molecule has 0 aromatic rings. The Morgan fingerprint density at radius 3 is 2.95 bits per heavy atom. The van der Waals surface area contributed by atoms with Gasteiger partial charge >= 0.3 is 5.97 Å². The fourth-order valence-corrected chi connectivity index (χ4v) is 2.01. The first-order chi connectivity index (χ1) is 9.61. The molecule has 20 heavy (non-hydrogen) atoms. The van der Waals surface area contributed by atoms with Gasteiger partial charge in [-0.1, -0.05) is 0 Å². The highest BCUT2D eigenvalue weighted by atomic mass is 16.5. The summed E-state index contributed by atoms with van der Waals surface area (Å²) in [5.74, 6) is -0.292. The number of morpholine rings is 1. The lowest BCUT2D eigenvalue weighted by atomic mass is 10.3. The zero-order valence-electron chi connectivity index (χ0n) is 12.3. The molecule has 1 fully saturated rings. The Balaban J connectivity index is 2.06. The molecule has 7 heteroatoms. The van der Waals surface area contributed by atoms with Crippen molar-refractivity contribution in [3.05, 3.63) is 0 Å². The smallest absolute Gasteiger partial charge is 0.305 e. The number of carbonyl (C=O) groups is 2. The van der Waals surface area contributed by atoms with Crippen LogP contribution >= 0.6 is 0 Å². The van der Waals surface area contributed by atoms with Gasteiger partial charge in [-0.2, -0.15) is 0 Å². The van der Waals surface area contributed by atoms with E-state index in [9.17, 15) is 9.59 Å². The highest BCUT2D eigenvalue weighted by Crippen LogP contribution is 1.98. The van der Waals surface area contributed by atoms with E-state index >= 15 is 0 Å². The highest BCUT2D eigenvalue weighted by Gasteiger charge is 2.16. The summed E-state index contributed by atoms with van der Waals surface area (Å²) in [5, 5.41) is 6.04. The van der Waals surface area contributed by atoms with E-state index in [4.69, 9.17) is 4.74 Å². The maximum atomic E-state index is 11.7. The number of nitrogens with one attached hydrogen (secondary N) is 2. The summed E-state index contributed by atoms with van der Waals surface area (Å²) >= 11 is 0. The molecule has 2 N–H and O–H groups in total. The van der Waals surface area contributed by atoms with Crippen LogP contribution in [0.5, 0.6) is 0 Å². The molecule has 0 aromatic carbocycles. The van der Waals surface area contributed by atoms with Crippen molar-refractivity contribution in [2.24, 2.45) is 0 Å². The minimum atomic E-state index is -0.252. The van der Waals surface area contributed by atoms with Crippen molar-refractivity contribution in [2.45, 2.75) is 18.9 Å². The summed E-state index contributed by atoms with van der Waals surface area (Å²) in [6.07, 6.45) is 1.06. The van der Waals surface area contributed by atoms with E-state index in [1.807, 2.05) is 11.9 Å². The van der Waals surface area contributed by atoms with Crippen molar-refractivity contribution in [2.75, 3.05) is 53.5 Å². The van der Waals surface area contributed by atoms with Crippen molar-refractivity contribution >= 4 is 11.9 Å². The molecule has 1 unspecified atom stereocenters. The van der Waals surface area contributed by atoms with Crippen molar-refractivity contribution in [1.82, 2.24) is 15.5 Å². The first-order valence-electron chi connectivity index (χ1n) is 6.96. The molecular formula is C13H25N3O4. The third-order valence-electron chi connectivity index (χ3n) is 3.04. The zero-order valence-corrected chi connectivity index (χ0v) is 12.3. The molecule has 0 bridgehead atoms. The van der Waals surface area contributed by atoms with Crippen LogP contribution in [0.4, 0.5) is 0 Å². The fourth-order valence-electron chi connectivity index (χ4n) is 2.01. The molecule has 1 atom stereocenters. The molecule has 0 spiro atoms. The van der Waals surface area contributed by atoms with Gasteiger partial charge in [0.2, 0.25) is 5.91 Å². The summed E-state index contributed by atoms with van der Waals surface area (Å²) in [6.45, 7) is 3.98. The minimum absolute atomic E-state index is 0.0406. The largest absolute Gasteiger partial charge is 0.469 e. The molecule has 7 nitrogen and oxygen atoms in total. The molecule has 1 rings (SSSR count). The molecule has 1 aliphatic heterocycles. The summed E-state index contributed by atoms with van der Waals surface area (Å²) in [6, 6.07) is 0. The third-order valence-corrected chi connectivity index (χ3v) is 3.04.